The van der Waals surface area contributed by atoms with E-state index < -0.39 is 0 Å². The number of aromatic nitrogens is 5. The first-order valence-electron chi connectivity index (χ1n) is 10.7. The lowest BCUT2D eigenvalue weighted by Crippen LogP contribution is -2.09. The number of nitrogens with zero attached hydrogens (tertiary/aromatic N) is 5. The van der Waals surface area contributed by atoms with Crippen LogP contribution in [0.5, 0.6) is 5.75 Å². The average Bonchev–Trinajstić information content (AvgIpc) is 3.24. The number of hydrogen-bond acceptors (Lipinski definition) is 6. The maximum absolute atomic E-state index is 9.49. The van der Waals surface area contributed by atoms with Crippen LogP contribution in [0.1, 0.15) is 25.5 Å². The number of nitrogens with one attached hydrogen (secondary N) is 1. The summed E-state index contributed by atoms with van der Waals surface area (Å²) in [4.78, 5) is 18.6. The zero-order valence-corrected chi connectivity index (χ0v) is 18.0. The molecule has 32 heavy (non-hydrogen) atoms. The predicted octanol–water partition coefficient (Wildman–Crippen LogP) is 4.98. The lowest BCUT2D eigenvalue weighted by atomic mass is 10.1. The molecular formula is C25H24N6O. The number of aromatic hydroxyl groups is 1. The molecule has 7 heteroatoms. The summed E-state index contributed by atoms with van der Waals surface area (Å²) >= 11 is 0. The third-order valence-electron chi connectivity index (χ3n) is 5.54. The Bertz CT molecular complexity index is 1390. The Hall–Kier alpha value is -4.00. The van der Waals surface area contributed by atoms with Crippen molar-refractivity contribution in [1.82, 2.24) is 24.5 Å². The van der Waals surface area contributed by atoms with Gasteiger partial charge in [-0.1, -0.05) is 30.3 Å². The summed E-state index contributed by atoms with van der Waals surface area (Å²) in [5.74, 6) is 1.64. The quantitative estimate of drug-likeness (QED) is 0.400. The van der Waals surface area contributed by atoms with Crippen molar-refractivity contribution < 1.29 is 5.11 Å². The van der Waals surface area contributed by atoms with E-state index in [0.717, 1.165) is 39.5 Å². The summed E-state index contributed by atoms with van der Waals surface area (Å²) in [5.41, 5.74) is 3.67. The normalized spacial score (nSPS) is 11.5. The van der Waals surface area contributed by atoms with Gasteiger partial charge in [-0.05, 0) is 49.4 Å². The Balaban J connectivity index is 1.56. The first kappa shape index (κ1) is 19.9. The summed E-state index contributed by atoms with van der Waals surface area (Å²) in [6, 6.07) is 15.6. The number of pyridine rings is 1. The Labute approximate surface area is 185 Å². The van der Waals surface area contributed by atoms with Gasteiger partial charge in [-0.3, -0.25) is 4.98 Å². The molecule has 5 rings (SSSR count). The van der Waals surface area contributed by atoms with E-state index in [9.17, 15) is 5.11 Å². The number of phenolic OH excluding ortho intramolecular Hbond substituents is 1. The molecule has 7 nitrogen and oxygen atoms in total. The van der Waals surface area contributed by atoms with E-state index in [1.54, 1.807) is 18.3 Å². The number of hydrogen-bond donors (Lipinski definition) is 2. The molecule has 0 amide bonds. The Kier molecular flexibility index (Phi) is 5.15. The second-order valence-electron chi connectivity index (χ2n) is 8.06. The van der Waals surface area contributed by atoms with Crippen molar-refractivity contribution in [1.29, 1.82) is 0 Å². The second-order valence-corrected chi connectivity index (χ2v) is 8.06. The first-order chi connectivity index (χ1) is 15.6. The van der Waals surface area contributed by atoms with Gasteiger partial charge >= 0.3 is 0 Å². The van der Waals surface area contributed by atoms with Crippen LogP contribution in [0.25, 0.3) is 33.3 Å². The van der Waals surface area contributed by atoms with Crippen LogP contribution in [0.4, 0.5) is 5.82 Å². The van der Waals surface area contributed by atoms with Crippen LogP contribution in [0.15, 0.2) is 67.3 Å². The van der Waals surface area contributed by atoms with Crippen molar-refractivity contribution in [2.45, 2.75) is 26.3 Å². The average molecular weight is 425 g/mol. The molecule has 0 aliphatic heterocycles. The highest BCUT2D eigenvalue weighted by Gasteiger charge is 2.17. The van der Waals surface area contributed by atoms with E-state index in [1.807, 2.05) is 48.9 Å². The minimum Gasteiger partial charge on any atom is -0.508 e. The van der Waals surface area contributed by atoms with Crippen molar-refractivity contribution in [3.05, 3.63) is 72.8 Å². The molecule has 0 saturated carbocycles. The fourth-order valence-corrected chi connectivity index (χ4v) is 3.84. The van der Waals surface area contributed by atoms with E-state index in [2.05, 4.69) is 33.7 Å². The largest absolute Gasteiger partial charge is 0.508 e. The van der Waals surface area contributed by atoms with E-state index in [0.29, 0.717) is 18.2 Å². The van der Waals surface area contributed by atoms with Crippen molar-refractivity contribution in [3.63, 3.8) is 0 Å². The topological polar surface area (TPSA) is 88.8 Å². The minimum absolute atomic E-state index is 0.226. The van der Waals surface area contributed by atoms with Crippen molar-refractivity contribution >= 4 is 27.8 Å². The zero-order chi connectivity index (χ0) is 22.1. The van der Waals surface area contributed by atoms with Crippen LogP contribution in [0.2, 0.25) is 0 Å². The Morgan fingerprint density at radius 2 is 1.88 bits per heavy atom. The van der Waals surface area contributed by atoms with Crippen LogP contribution in [-0.4, -0.2) is 36.2 Å². The lowest BCUT2D eigenvalue weighted by Gasteiger charge is -2.12. The number of anilines is 1. The molecule has 0 bridgehead atoms. The molecule has 2 N–H and O–H groups in total. The maximum Gasteiger partial charge on any atom is 0.166 e. The number of fused-ring (bicyclic) bond motifs is 2. The smallest absolute Gasteiger partial charge is 0.166 e. The molecule has 0 spiro atoms. The van der Waals surface area contributed by atoms with Gasteiger partial charge in [0, 0.05) is 35.9 Å². The monoisotopic (exact) mass is 424 g/mol. The number of benzene rings is 2. The molecular weight excluding hydrogens is 400 g/mol. The highest BCUT2D eigenvalue weighted by Crippen LogP contribution is 2.30. The first-order valence-corrected chi connectivity index (χ1v) is 10.7. The van der Waals surface area contributed by atoms with Crippen LogP contribution in [0, 0.1) is 0 Å². The molecule has 0 atom stereocenters. The van der Waals surface area contributed by atoms with E-state index in [1.165, 1.54) is 0 Å². The van der Waals surface area contributed by atoms with Gasteiger partial charge in [-0.2, -0.15) is 0 Å². The standard InChI is InChI=1S/C25H24N6O/c1-16(2)31-15-28-22-24(27-13-10-17-6-8-19(32)9-7-17)29-23(30-25(22)31)21-5-3-4-18-14-26-12-11-20(18)21/h3-9,11-12,14-16,32H,10,13H2,1-2H3,(H,27,29,30). The third kappa shape index (κ3) is 3.73. The highest BCUT2D eigenvalue weighted by molar-refractivity contribution is 5.96. The minimum atomic E-state index is 0.226. The molecule has 2 aromatic carbocycles. The molecule has 0 fully saturated rings. The van der Waals surface area contributed by atoms with Crippen LogP contribution < -0.4 is 5.32 Å². The Morgan fingerprint density at radius 1 is 1.03 bits per heavy atom. The molecule has 3 heterocycles. The van der Waals surface area contributed by atoms with E-state index >= 15 is 0 Å². The SMILES string of the molecule is CC(C)n1cnc2c(NCCc3ccc(O)cc3)nc(-c3cccc4cnccc34)nc21. The fraction of sp³-hybridized carbons (Fsp3) is 0.200. The van der Waals surface area contributed by atoms with Crippen molar-refractivity contribution in [2.75, 3.05) is 11.9 Å². The van der Waals surface area contributed by atoms with Crippen LogP contribution >= 0.6 is 0 Å². The highest BCUT2D eigenvalue weighted by atomic mass is 16.3. The van der Waals surface area contributed by atoms with Gasteiger partial charge in [0.2, 0.25) is 0 Å². The molecule has 3 aromatic heterocycles. The van der Waals surface area contributed by atoms with Gasteiger partial charge in [0.05, 0.1) is 6.33 Å². The second kappa shape index (κ2) is 8.26. The van der Waals surface area contributed by atoms with E-state index in [4.69, 9.17) is 9.97 Å². The van der Waals surface area contributed by atoms with Crippen LogP contribution in [0.3, 0.4) is 0 Å². The molecule has 5 aromatic rings. The van der Waals surface area contributed by atoms with E-state index in [-0.39, 0.29) is 11.8 Å². The van der Waals surface area contributed by atoms with Gasteiger partial charge in [0.25, 0.3) is 0 Å². The summed E-state index contributed by atoms with van der Waals surface area (Å²) in [5, 5.41) is 15.1. The summed E-state index contributed by atoms with van der Waals surface area (Å²) in [6.45, 7) is 4.92. The van der Waals surface area contributed by atoms with Gasteiger partial charge in [0.15, 0.2) is 17.3 Å². The summed E-state index contributed by atoms with van der Waals surface area (Å²) in [7, 11) is 0. The molecule has 160 valence electrons. The van der Waals surface area contributed by atoms with Crippen LogP contribution in [-0.2, 0) is 6.42 Å². The van der Waals surface area contributed by atoms with Crippen molar-refractivity contribution in [2.24, 2.45) is 0 Å². The predicted molar refractivity (Wildman–Crippen MR) is 127 cm³/mol. The molecule has 0 aliphatic carbocycles. The van der Waals surface area contributed by atoms with Gasteiger partial charge in [-0.15, -0.1) is 0 Å². The summed E-state index contributed by atoms with van der Waals surface area (Å²) in [6.07, 6.45) is 6.27. The lowest BCUT2D eigenvalue weighted by molar-refractivity contribution is 0.475. The Morgan fingerprint density at radius 3 is 2.69 bits per heavy atom. The number of phenols is 1. The summed E-state index contributed by atoms with van der Waals surface area (Å²) < 4.78 is 2.07. The fourth-order valence-electron chi connectivity index (χ4n) is 3.84. The third-order valence-corrected chi connectivity index (χ3v) is 5.54. The van der Waals surface area contributed by atoms with Gasteiger partial charge in [0.1, 0.15) is 11.3 Å². The van der Waals surface area contributed by atoms with Crippen molar-refractivity contribution in [3.8, 4) is 17.1 Å². The van der Waals surface area contributed by atoms with Gasteiger partial charge in [-0.25, -0.2) is 15.0 Å². The molecule has 0 unspecified atom stereocenters. The van der Waals surface area contributed by atoms with Gasteiger partial charge < -0.3 is 15.0 Å². The molecule has 0 aliphatic rings. The number of imidazole rings is 1. The maximum atomic E-state index is 9.49. The molecule has 0 radical (unpaired) electrons. The zero-order valence-electron chi connectivity index (χ0n) is 18.0. The number of rotatable bonds is 6. The molecule has 0 saturated heterocycles.